The van der Waals surface area contributed by atoms with Crippen LogP contribution >= 0.6 is 0 Å². The average molecular weight is 340 g/mol. The Hall–Kier alpha value is -2.93. The number of nitrogens with zero attached hydrogens (tertiary/aromatic N) is 3. The summed E-state index contributed by atoms with van der Waals surface area (Å²) in [7, 11) is 0. The van der Waals surface area contributed by atoms with Crippen LogP contribution in [0.1, 0.15) is 34.2 Å². The third-order valence-corrected chi connectivity index (χ3v) is 3.73. The molecule has 3 aromatic rings. The summed E-state index contributed by atoms with van der Waals surface area (Å²) in [4.78, 5) is 12.2. The second-order valence-corrected chi connectivity index (χ2v) is 5.57. The molecular weight excluding hydrogens is 320 g/mol. The molecule has 25 heavy (non-hydrogen) atoms. The first-order valence-electron chi connectivity index (χ1n) is 8.10. The number of benzene rings is 1. The number of esters is 1. The van der Waals surface area contributed by atoms with Crippen molar-refractivity contribution in [3.63, 3.8) is 0 Å². The Kier molecular flexibility index (Phi) is 5.25. The minimum atomic E-state index is -0.376. The van der Waals surface area contributed by atoms with Gasteiger partial charge in [-0.25, -0.2) is 9.48 Å². The number of hydrogen-bond acceptors (Lipinski definition) is 6. The summed E-state index contributed by atoms with van der Waals surface area (Å²) < 4.78 is 11.7. The van der Waals surface area contributed by atoms with E-state index in [4.69, 9.17) is 9.26 Å². The van der Waals surface area contributed by atoms with Crippen LogP contribution < -0.4 is 5.32 Å². The molecule has 1 aromatic carbocycles. The molecule has 130 valence electrons. The molecule has 2 aromatic heterocycles. The van der Waals surface area contributed by atoms with Crippen molar-refractivity contribution >= 4 is 5.97 Å². The number of nitrogens with one attached hydrogen (secondary N) is 1. The summed E-state index contributed by atoms with van der Waals surface area (Å²) in [5, 5.41) is 11.5. The zero-order valence-corrected chi connectivity index (χ0v) is 14.2. The fraction of sp³-hybridized carbons (Fsp3) is 0.278. The van der Waals surface area contributed by atoms with Crippen LogP contribution in [0, 0.1) is 6.92 Å². The third kappa shape index (κ3) is 3.95. The molecule has 0 fully saturated rings. The Bertz CT molecular complexity index is 823. The van der Waals surface area contributed by atoms with Gasteiger partial charge >= 0.3 is 5.97 Å². The number of carbonyl (C=O) groups is 1. The maximum absolute atomic E-state index is 12.2. The zero-order chi connectivity index (χ0) is 17.6. The predicted octanol–water partition coefficient (Wildman–Crippen LogP) is 2.64. The first-order chi connectivity index (χ1) is 12.2. The van der Waals surface area contributed by atoms with E-state index in [1.54, 1.807) is 23.9 Å². The van der Waals surface area contributed by atoms with Crippen molar-refractivity contribution in [2.24, 2.45) is 0 Å². The fourth-order valence-corrected chi connectivity index (χ4v) is 2.47. The van der Waals surface area contributed by atoms with Crippen LogP contribution in [0.4, 0.5) is 0 Å². The Morgan fingerprint density at radius 1 is 1.24 bits per heavy atom. The minimum Gasteiger partial charge on any atom is -0.462 e. The minimum absolute atomic E-state index is 0.320. The molecule has 0 aliphatic rings. The summed E-state index contributed by atoms with van der Waals surface area (Å²) >= 11 is 0. The maximum atomic E-state index is 12.2. The van der Waals surface area contributed by atoms with Gasteiger partial charge in [-0.15, -0.1) is 0 Å². The van der Waals surface area contributed by atoms with Gasteiger partial charge in [0.1, 0.15) is 11.8 Å². The molecule has 0 amide bonds. The largest absolute Gasteiger partial charge is 0.462 e. The van der Waals surface area contributed by atoms with E-state index in [1.165, 1.54) is 6.26 Å². The Balaban J connectivity index is 1.86. The van der Waals surface area contributed by atoms with Crippen LogP contribution in [0.5, 0.6) is 0 Å². The molecule has 0 unspecified atom stereocenters. The predicted molar refractivity (Wildman–Crippen MR) is 91.3 cm³/mol. The van der Waals surface area contributed by atoms with E-state index in [1.807, 2.05) is 31.2 Å². The van der Waals surface area contributed by atoms with E-state index >= 15 is 0 Å². The highest BCUT2D eigenvalue weighted by atomic mass is 16.5. The van der Waals surface area contributed by atoms with Crippen molar-refractivity contribution in [3.8, 4) is 5.69 Å². The first kappa shape index (κ1) is 16.9. The quantitative estimate of drug-likeness (QED) is 0.666. The Morgan fingerprint density at radius 2 is 2.04 bits per heavy atom. The molecule has 7 heteroatoms. The molecule has 0 bridgehead atoms. The summed E-state index contributed by atoms with van der Waals surface area (Å²) in [5.74, 6) is -0.376. The molecule has 0 spiro atoms. The highest BCUT2D eigenvalue weighted by molar-refractivity contribution is 5.90. The molecule has 2 heterocycles. The van der Waals surface area contributed by atoms with Crippen LogP contribution in [0.15, 0.2) is 47.3 Å². The molecule has 0 saturated carbocycles. The SMILES string of the molecule is CCOC(=O)c1cnn(-c2ccc(C)cc2)c1CNCc1ccon1. The van der Waals surface area contributed by atoms with Crippen LogP contribution in [0.3, 0.4) is 0 Å². The highest BCUT2D eigenvalue weighted by Gasteiger charge is 2.19. The Labute approximate surface area is 145 Å². The lowest BCUT2D eigenvalue weighted by molar-refractivity contribution is 0.0525. The lowest BCUT2D eigenvalue weighted by Crippen LogP contribution is -2.19. The second-order valence-electron chi connectivity index (χ2n) is 5.57. The molecule has 0 aliphatic carbocycles. The van der Waals surface area contributed by atoms with Crippen molar-refractivity contribution in [1.29, 1.82) is 0 Å². The molecule has 0 radical (unpaired) electrons. The van der Waals surface area contributed by atoms with Gasteiger partial charge in [0, 0.05) is 19.2 Å². The molecule has 3 rings (SSSR count). The zero-order valence-electron chi connectivity index (χ0n) is 14.2. The third-order valence-electron chi connectivity index (χ3n) is 3.73. The number of aryl methyl sites for hydroxylation is 1. The van der Waals surface area contributed by atoms with E-state index < -0.39 is 0 Å². The second kappa shape index (κ2) is 7.76. The lowest BCUT2D eigenvalue weighted by atomic mass is 10.2. The summed E-state index contributed by atoms with van der Waals surface area (Å²) in [6.07, 6.45) is 3.07. The van der Waals surface area contributed by atoms with Gasteiger partial charge in [-0.3, -0.25) is 0 Å². The van der Waals surface area contributed by atoms with Crippen molar-refractivity contribution in [1.82, 2.24) is 20.3 Å². The van der Waals surface area contributed by atoms with E-state index in [0.717, 1.165) is 22.6 Å². The highest BCUT2D eigenvalue weighted by Crippen LogP contribution is 2.17. The van der Waals surface area contributed by atoms with Crippen molar-refractivity contribution < 1.29 is 14.1 Å². The molecule has 0 aliphatic heterocycles. The Morgan fingerprint density at radius 3 is 2.72 bits per heavy atom. The van der Waals surface area contributed by atoms with Gasteiger partial charge in [0.15, 0.2) is 0 Å². The first-order valence-corrected chi connectivity index (χ1v) is 8.10. The average Bonchev–Trinajstić information content (AvgIpc) is 3.26. The maximum Gasteiger partial charge on any atom is 0.341 e. The topological polar surface area (TPSA) is 82.2 Å². The van der Waals surface area contributed by atoms with Crippen LogP contribution in [-0.2, 0) is 17.8 Å². The number of aromatic nitrogens is 3. The monoisotopic (exact) mass is 340 g/mol. The van der Waals surface area contributed by atoms with Crippen molar-refractivity contribution in [2.45, 2.75) is 26.9 Å². The normalized spacial score (nSPS) is 10.8. The van der Waals surface area contributed by atoms with Crippen molar-refractivity contribution in [2.75, 3.05) is 6.61 Å². The van der Waals surface area contributed by atoms with Gasteiger partial charge in [0.05, 0.1) is 29.9 Å². The molecule has 0 saturated heterocycles. The standard InChI is InChI=1S/C18H20N4O3/c1-3-24-18(23)16-11-20-22(15-6-4-13(2)5-7-15)17(16)12-19-10-14-8-9-25-21-14/h4-9,11,19H,3,10,12H2,1-2H3. The van der Waals surface area contributed by atoms with Gasteiger partial charge < -0.3 is 14.6 Å². The fourth-order valence-electron chi connectivity index (χ4n) is 2.47. The number of hydrogen-bond donors (Lipinski definition) is 1. The van der Waals surface area contributed by atoms with Gasteiger partial charge in [-0.1, -0.05) is 22.9 Å². The van der Waals surface area contributed by atoms with Gasteiger partial charge in [-0.2, -0.15) is 5.10 Å². The number of ether oxygens (including phenoxy) is 1. The molecule has 7 nitrogen and oxygen atoms in total. The van der Waals surface area contributed by atoms with Gasteiger partial charge in [-0.05, 0) is 26.0 Å². The lowest BCUT2D eigenvalue weighted by Gasteiger charge is -2.10. The van der Waals surface area contributed by atoms with Crippen molar-refractivity contribution in [3.05, 3.63) is 65.3 Å². The smallest absolute Gasteiger partial charge is 0.341 e. The van der Waals surface area contributed by atoms with Crippen LogP contribution in [0.25, 0.3) is 5.69 Å². The van der Waals surface area contributed by atoms with Crippen LogP contribution in [0.2, 0.25) is 0 Å². The number of carbonyl (C=O) groups excluding carboxylic acids is 1. The van der Waals surface area contributed by atoms with E-state index in [0.29, 0.717) is 25.3 Å². The summed E-state index contributed by atoms with van der Waals surface area (Å²) in [6.45, 7) is 5.09. The van der Waals surface area contributed by atoms with E-state index in [-0.39, 0.29) is 5.97 Å². The molecule has 1 N–H and O–H groups in total. The summed E-state index contributed by atoms with van der Waals surface area (Å²) in [5.41, 5.74) is 4.03. The van der Waals surface area contributed by atoms with E-state index in [9.17, 15) is 4.79 Å². The molecule has 0 atom stereocenters. The van der Waals surface area contributed by atoms with E-state index in [2.05, 4.69) is 15.6 Å². The summed E-state index contributed by atoms with van der Waals surface area (Å²) in [6, 6.07) is 9.74. The number of rotatable bonds is 7. The van der Waals surface area contributed by atoms with Gasteiger partial charge in [0.25, 0.3) is 0 Å². The van der Waals surface area contributed by atoms with Gasteiger partial charge in [0.2, 0.25) is 0 Å². The molecular formula is C18H20N4O3. The van der Waals surface area contributed by atoms with Crippen LogP contribution in [-0.4, -0.2) is 27.5 Å².